The van der Waals surface area contributed by atoms with Crippen LogP contribution in [-0.4, -0.2) is 16.3 Å². The Morgan fingerprint density at radius 1 is 0.964 bits per heavy atom. The number of benzene rings is 3. The lowest BCUT2D eigenvalue weighted by Gasteiger charge is -2.12. The molecule has 6 heteroatoms. The van der Waals surface area contributed by atoms with Gasteiger partial charge in [-0.15, -0.1) is 0 Å². The number of hydrogen-bond donors (Lipinski definition) is 3. The third kappa shape index (κ3) is 3.66. The molecule has 3 aromatic carbocycles. The maximum absolute atomic E-state index is 11.3. The summed E-state index contributed by atoms with van der Waals surface area (Å²) in [7, 11) is 0. The van der Waals surface area contributed by atoms with E-state index in [1.54, 1.807) is 6.07 Å². The Hall–Kier alpha value is -3.80. The van der Waals surface area contributed by atoms with Crippen LogP contribution in [-0.2, 0) is 12.8 Å². The highest BCUT2D eigenvalue weighted by atomic mass is 16.5. The van der Waals surface area contributed by atoms with E-state index in [9.17, 15) is 4.79 Å². The molecule has 0 fully saturated rings. The summed E-state index contributed by atoms with van der Waals surface area (Å²) in [5, 5.41) is 7.79. The minimum Gasteiger partial charge on any atom is -0.410 e. The third-order valence-electron chi connectivity index (χ3n) is 4.70. The van der Waals surface area contributed by atoms with Gasteiger partial charge in [-0.05, 0) is 53.8 Å². The summed E-state index contributed by atoms with van der Waals surface area (Å²) < 4.78 is 5.22. The number of amides is 1. The minimum atomic E-state index is -0.842. The Bertz CT molecular complexity index is 1140. The Labute approximate surface area is 162 Å². The second-order valence-corrected chi connectivity index (χ2v) is 6.61. The van der Waals surface area contributed by atoms with Crippen molar-refractivity contribution in [1.82, 2.24) is 10.2 Å². The Morgan fingerprint density at radius 3 is 2.54 bits per heavy atom. The summed E-state index contributed by atoms with van der Waals surface area (Å²) in [5.41, 5.74) is 16.0. The van der Waals surface area contributed by atoms with Crippen LogP contribution in [0.3, 0.4) is 0 Å². The van der Waals surface area contributed by atoms with Crippen LogP contribution in [0.2, 0.25) is 0 Å². The summed E-state index contributed by atoms with van der Waals surface area (Å²) in [4.78, 5) is 11.3. The molecule has 1 amide bonds. The second kappa shape index (κ2) is 7.44. The number of rotatable bonds is 5. The molecule has 5 N–H and O–H groups in total. The van der Waals surface area contributed by atoms with Gasteiger partial charge in [-0.2, -0.15) is 5.10 Å². The molecule has 0 bridgehead atoms. The van der Waals surface area contributed by atoms with E-state index in [1.165, 1.54) is 5.56 Å². The molecule has 0 atom stereocenters. The monoisotopic (exact) mass is 372 g/mol. The van der Waals surface area contributed by atoms with Gasteiger partial charge in [0, 0.05) is 10.9 Å². The Kier molecular flexibility index (Phi) is 4.68. The molecule has 4 aromatic rings. The van der Waals surface area contributed by atoms with E-state index in [4.69, 9.17) is 16.2 Å². The van der Waals surface area contributed by atoms with Crippen molar-refractivity contribution in [1.29, 1.82) is 0 Å². The molecule has 4 rings (SSSR count). The first-order chi connectivity index (χ1) is 13.6. The van der Waals surface area contributed by atoms with Crippen molar-refractivity contribution in [2.45, 2.75) is 12.8 Å². The lowest BCUT2D eigenvalue weighted by atomic mass is 9.97. The summed E-state index contributed by atoms with van der Waals surface area (Å²) in [6.07, 6.45) is 0.949. The molecule has 0 unspecified atom stereocenters. The van der Waals surface area contributed by atoms with E-state index < -0.39 is 6.09 Å². The number of H-pyrrole nitrogens is 1. The molecule has 0 aliphatic rings. The summed E-state index contributed by atoms with van der Waals surface area (Å²) >= 11 is 0. The van der Waals surface area contributed by atoms with Crippen molar-refractivity contribution in [3.63, 3.8) is 0 Å². The fraction of sp³-hybridized carbons (Fsp3) is 0.0909. The van der Waals surface area contributed by atoms with E-state index >= 15 is 0 Å². The zero-order valence-electron chi connectivity index (χ0n) is 15.2. The number of nitrogens with one attached hydrogen (secondary N) is 1. The van der Waals surface area contributed by atoms with Crippen LogP contribution in [0, 0.1) is 0 Å². The number of nitrogen functional groups attached to an aromatic ring is 1. The predicted molar refractivity (Wildman–Crippen MR) is 110 cm³/mol. The number of aryl methyl sites for hydroxylation is 2. The molecule has 28 heavy (non-hydrogen) atoms. The lowest BCUT2D eigenvalue weighted by Crippen LogP contribution is -2.16. The highest BCUT2D eigenvalue weighted by Crippen LogP contribution is 2.34. The smallest absolute Gasteiger partial charge is 0.409 e. The highest BCUT2D eigenvalue weighted by Gasteiger charge is 2.12. The van der Waals surface area contributed by atoms with Crippen molar-refractivity contribution < 1.29 is 9.53 Å². The molecule has 140 valence electrons. The first-order valence-corrected chi connectivity index (χ1v) is 8.98. The molecule has 0 radical (unpaired) electrons. The molecule has 1 aromatic heterocycles. The summed E-state index contributed by atoms with van der Waals surface area (Å²) in [6, 6.07) is 21.8. The Balaban J connectivity index is 1.70. The van der Waals surface area contributed by atoms with Crippen LogP contribution in [0.4, 0.5) is 10.6 Å². The molecule has 1 heterocycles. The van der Waals surface area contributed by atoms with Gasteiger partial charge < -0.3 is 16.2 Å². The van der Waals surface area contributed by atoms with Crippen molar-refractivity contribution >= 4 is 22.8 Å². The number of aromatic amines is 1. The number of primary amides is 1. The van der Waals surface area contributed by atoms with Gasteiger partial charge >= 0.3 is 6.09 Å². The van der Waals surface area contributed by atoms with Gasteiger partial charge in [-0.1, -0.05) is 42.5 Å². The summed E-state index contributed by atoms with van der Waals surface area (Å²) in [6.45, 7) is 0. The average Bonchev–Trinajstić information content (AvgIpc) is 3.08. The van der Waals surface area contributed by atoms with E-state index in [1.807, 2.05) is 48.5 Å². The Morgan fingerprint density at radius 2 is 1.75 bits per heavy atom. The van der Waals surface area contributed by atoms with E-state index in [0.717, 1.165) is 40.4 Å². The molecule has 0 saturated carbocycles. The molecular formula is C22H20N4O2. The standard InChI is InChI=1S/C22H20N4O2/c23-21-17-10-9-16(13-19(17)25-26-21)18-12-15(8-11-20(18)28-22(24)27)7-6-14-4-2-1-3-5-14/h1-5,8-13H,6-7H2,(H2,24,27)(H3,23,25,26). The van der Waals surface area contributed by atoms with Gasteiger partial charge in [0.15, 0.2) is 5.82 Å². The average molecular weight is 372 g/mol. The van der Waals surface area contributed by atoms with Gasteiger partial charge in [-0.3, -0.25) is 5.10 Å². The minimum absolute atomic E-state index is 0.419. The first-order valence-electron chi connectivity index (χ1n) is 8.98. The summed E-state index contributed by atoms with van der Waals surface area (Å²) in [5.74, 6) is 0.870. The molecule has 0 saturated heterocycles. The van der Waals surface area contributed by atoms with Crippen LogP contribution in [0.5, 0.6) is 5.75 Å². The number of carbonyl (C=O) groups is 1. The number of anilines is 1. The quantitative estimate of drug-likeness (QED) is 0.491. The SMILES string of the molecule is NC(=O)Oc1ccc(CCc2ccccc2)cc1-c1ccc2c(N)n[nH]c2c1. The number of aromatic nitrogens is 2. The molecular weight excluding hydrogens is 352 g/mol. The largest absolute Gasteiger partial charge is 0.410 e. The molecule has 6 nitrogen and oxygen atoms in total. The van der Waals surface area contributed by atoms with Crippen molar-refractivity contribution in [3.8, 4) is 16.9 Å². The van der Waals surface area contributed by atoms with Gasteiger partial charge in [-0.25, -0.2) is 4.79 Å². The van der Waals surface area contributed by atoms with Crippen LogP contribution < -0.4 is 16.2 Å². The van der Waals surface area contributed by atoms with Crippen LogP contribution >= 0.6 is 0 Å². The maximum atomic E-state index is 11.3. The van der Waals surface area contributed by atoms with Gasteiger partial charge in [0.2, 0.25) is 0 Å². The van der Waals surface area contributed by atoms with E-state index in [2.05, 4.69) is 22.3 Å². The van der Waals surface area contributed by atoms with E-state index in [0.29, 0.717) is 11.6 Å². The van der Waals surface area contributed by atoms with Crippen molar-refractivity contribution in [3.05, 3.63) is 77.9 Å². The number of fused-ring (bicyclic) bond motifs is 1. The fourth-order valence-electron chi connectivity index (χ4n) is 3.30. The van der Waals surface area contributed by atoms with Gasteiger partial charge in [0.05, 0.1) is 5.52 Å². The molecule has 0 aliphatic heterocycles. The molecule has 0 aliphatic carbocycles. The number of carbonyl (C=O) groups excluding carboxylic acids is 1. The first kappa shape index (κ1) is 17.6. The molecule has 0 spiro atoms. The van der Waals surface area contributed by atoms with Gasteiger partial charge in [0.1, 0.15) is 5.75 Å². The van der Waals surface area contributed by atoms with Crippen molar-refractivity contribution in [2.75, 3.05) is 5.73 Å². The lowest BCUT2D eigenvalue weighted by molar-refractivity contribution is 0.211. The number of nitrogens with two attached hydrogens (primary N) is 2. The predicted octanol–water partition coefficient (Wildman–Crippen LogP) is 4.05. The fourth-order valence-corrected chi connectivity index (χ4v) is 3.30. The van der Waals surface area contributed by atoms with E-state index in [-0.39, 0.29) is 0 Å². The van der Waals surface area contributed by atoms with Crippen molar-refractivity contribution in [2.24, 2.45) is 5.73 Å². The second-order valence-electron chi connectivity index (χ2n) is 6.61. The van der Waals surface area contributed by atoms with Crippen LogP contribution in [0.25, 0.3) is 22.0 Å². The van der Waals surface area contributed by atoms with Crippen LogP contribution in [0.15, 0.2) is 66.7 Å². The highest BCUT2D eigenvalue weighted by molar-refractivity contribution is 5.92. The third-order valence-corrected chi connectivity index (χ3v) is 4.70. The topological polar surface area (TPSA) is 107 Å². The number of nitrogens with zero attached hydrogens (tertiary/aromatic N) is 1. The van der Waals surface area contributed by atoms with Gasteiger partial charge in [0.25, 0.3) is 0 Å². The normalized spacial score (nSPS) is 10.9. The number of hydrogen-bond acceptors (Lipinski definition) is 4. The number of ether oxygens (including phenoxy) is 1. The van der Waals surface area contributed by atoms with Crippen LogP contribution in [0.1, 0.15) is 11.1 Å². The zero-order chi connectivity index (χ0) is 19.5. The maximum Gasteiger partial charge on any atom is 0.409 e. The zero-order valence-corrected chi connectivity index (χ0v) is 15.2.